The normalized spacial score (nSPS) is 11.5. The van der Waals surface area contributed by atoms with Gasteiger partial charge in [0.15, 0.2) is 9.84 Å². The second-order valence-electron chi connectivity index (χ2n) is 4.74. The predicted molar refractivity (Wildman–Crippen MR) is 89.5 cm³/mol. The van der Waals surface area contributed by atoms with Gasteiger partial charge in [0.1, 0.15) is 17.0 Å². The first-order valence-electron chi connectivity index (χ1n) is 6.83. The summed E-state index contributed by atoms with van der Waals surface area (Å²) in [6, 6.07) is 7.70. The molecule has 1 aromatic carbocycles. The van der Waals surface area contributed by atoms with E-state index in [0.29, 0.717) is 11.4 Å². The average Bonchev–Trinajstić information content (AvgIpc) is 3.04. The summed E-state index contributed by atoms with van der Waals surface area (Å²) in [5, 5.41) is 5.38. The van der Waals surface area contributed by atoms with E-state index in [2.05, 4.69) is 15.3 Å². The molecule has 0 unspecified atom stereocenters. The molecule has 0 bridgehead atoms. The van der Waals surface area contributed by atoms with Gasteiger partial charge < -0.3 is 5.32 Å². The van der Waals surface area contributed by atoms with Gasteiger partial charge in [-0.25, -0.2) is 18.4 Å². The van der Waals surface area contributed by atoms with Crippen molar-refractivity contribution in [3.05, 3.63) is 47.6 Å². The van der Waals surface area contributed by atoms with Gasteiger partial charge in [0.2, 0.25) is 0 Å². The van der Waals surface area contributed by atoms with Crippen molar-refractivity contribution in [1.82, 2.24) is 9.97 Å². The monoisotopic (exact) mass is 347 g/mol. The highest BCUT2D eigenvalue weighted by Crippen LogP contribution is 2.24. The van der Waals surface area contributed by atoms with Gasteiger partial charge in [-0.2, -0.15) is 0 Å². The van der Waals surface area contributed by atoms with E-state index < -0.39 is 9.84 Å². The molecule has 0 aliphatic heterocycles. The van der Waals surface area contributed by atoms with Crippen LogP contribution in [0.25, 0.3) is 10.2 Å². The third-order valence-corrected chi connectivity index (χ3v) is 5.92. The number of aromatic nitrogens is 2. The third kappa shape index (κ3) is 3.08. The molecule has 2 heterocycles. The Hall–Kier alpha value is -2.32. The van der Waals surface area contributed by atoms with Crippen molar-refractivity contribution < 1.29 is 13.2 Å². The minimum Gasteiger partial charge on any atom is -0.306 e. The largest absolute Gasteiger partial charge is 0.306 e. The van der Waals surface area contributed by atoms with Crippen LogP contribution < -0.4 is 5.32 Å². The number of hydrogen-bond acceptors (Lipinski definition) is 6. The van der Waals surface area contributed by atoms with Gasteiger partial charge in [0, 0.05) is 5.56 Å². The van der Waals surface area contributed by atoms with Crippen LogP contribution in [0.3, 0.4) is 0 Å². The Morgan fingerprint density at radius 2 is 1.91 bits per heavy atom. The molecule has 1 N–H and O–H groups in total. The fraction of sp³-hybridized carbons (Fsp3) is 0.133. The second-order valence-corrected chi connectivity index (χ2v) is 7.92. The maximum atomic E-state index is 12.3. The number of nitrogens with one attached hydrogen (secondary N) is 1. The molecule has 0 aliphatic rings. The summed E-state index contributed by atoms with van der Waals surface area (Å²) in [5.41, 5.74) is 0.363. The molecule has 2 aromatic heterocycles. The lowest BCUT2D eigenvalue weighted by Gasteiger charge is -2.06. The number of carbonyl (C=O) groups excluding carboxylic acids is 1. The molecule has 0 fully saturated rings. The number of amides is 1. The van der Waals surface area contributed by atoms with Gasteiger partial charge in [-0.1, -0.05) is 6.92 Å². The lowest BCUT2D eigenvalue weighted by atomic mass is 10.2. The summed E-state index contributed by atoms with van der Waals surface area (Å²) in [7, 11) is -3.27. The molecule has 0 atom stereocenters. The number of fused-ring (bicyclic) bond motifs is 1. The minimum absolute atomic E-state index is 0.0234. The van der Waals surface area contributed by atoms with Crippen molar-refractivity contribution in [2.75, 3.05) is 11.1 Å². The number of hydrogen-bond donors (Lipinski definition) is 1. The average molecular weight is 347 g/mol. The van der Waals surface area contributed by atoms with Gasteiger partial charge >= 0.3 is 0 Å². The number of sulfone groups is 1. The summed E-state index contributed by atoms with van der Waals surface area (Å²) >= 11 is 1.46. The molecule has 0 saturated heterocycles. The first kappa shape index (κ1) is 15.6. The summed E-state index contributed by atoms with van der Waals surface area (Å²) < 4.78 is 23.5. The number of carbonyl (C=O) groups is 1. The molecule has 118 valence electrons. The SMILES string of the molecule is CCS(=O)(=O)c1ccc(C(=O)Nc2ncnc3sccc23)cc1. The van der Waals surface area contributed by atoms with Crippen LogP contribution >= 0.6 is 11.3 Å². The van der Waals surface area contributed by atoms with Crippen molar-refractivity contribution in [3.8, 4) is 0 Å². The van der Waals surface area contributed by atoms with Crippen molar-refractivity contribution in [3.63, 3.8) is 0 Å². The standard InChI is InChI=1S/C15H13N3O3S2/c1-2-23(20,21)11-5-3-10(4-6-11)14(19)18-13-12-7-8-22-15(12)17-9-16-13/h3-9H,2H2,1H3,(H,16,17,18,19). The van der Waals surface area contributed by atoms with Crippen LogP contribution in [0, 0.1) is 0 Å². The molecule has 8 heteroatoms. The number of benzene rings is 1. The van der Waals surface area contributed by atoms with Crippen LogP contribution in [0.1, 0.15) is 17.3 Å². The van der Waals surface area contributed by atoms with E-state index in [0.717, 1.165) is 10.2 Å². The lowest BCUT2D eigenvalue weighted by molar-refractivity contribution is 0.102. The smallest absolute Gasteiger partial charge is 0.256 e. The fourth-order valence-corrected chi connectivity index (χ4v) is 3.67. The summed E-state index contributed by atoms with van der Waals surface area (Å²) in [6.45, 7) is 1.58. The summed E-state index contributed by atoms with van der Waals surface area (Å²) in [4.78, 5) is 21.5. The maximum Gasteiger partial charge on any atom is 0.256 e. The van der Waals surface area contributed by atoms with Crippen LogP contribution in [-0.2, 0) is 9.84 Å². The van der Waals surface area contributed by atoms with Gasteiger partial charge in [0.05, 0.1) is 16.0 Å². The van der Waals surface area contributed by atoms with Crippen molar-refractivity contribution in [2.45, 2.75) is 11.8 Å². The van der Waals surface area contributed by atoms with Gasteiger partial charge in [-0.05, 0) is 35.7 Å². The number of anilines is 1. The van der Waals surface area contributed by atoms with Crippen molar-refractivity contribution in [1.29, 1.82) is 0 Å². The van der Waals surface area contributed by atoms with Crippen LogP contribution in [0.15, 0.2) is 46.9 Å². The maximum absolute atomic E-state index is 12.3. The number of rotatable bonds is 4. The van der Waals surface area contributed by atoms with E-state index in [4.69, 9.17) is 0 Å². The Morgan fingerprint density at radius 3 is 2.61 bits per heavy atom. The Kier molecular flexibility index (Phi) is 4.10. The third-order valence-electron chi connectivity index (χ3n) is 3.35. The number of thiophene rings is 1. The molecular formula is C15H13N3O3S2. The molecule has 6 nitrogen and oxygen atoms in total. The Balaban J connectivity index is 1.85. The molecule has 0 saturated carbocycles. The Labute approximate surface area is 137 Å². The highest BCUT2D eigenvalue weighted by Gasteiger charge is 2.14. The molecule has 1 amide bonds. The zero-order valence-corrected chi connectivity index (χ0v) is 13.8. The van der Waals surface area contributed by atoms with E-state index >= 15 is 0 Å². The van der Waals surface area contributed by atoms with Crippen LogP contribution in [-0.4, -0.2) is 30.0 Å². The van der Waals surface area contributed by atoms with E-state index in [9.17, 15) is 13.2 Å². The highest BCUT2D eigenvalue weighted by atomic mass is 32.2. The van der Waals surface area contributed by atoms with Crippen LogP contribution in [0.4, 0.5) is 5.82 Å². The van der Waals surface area contributed by atoms with E-state index in [1.807, 2.05) is 11.4 Å². The molecule has 3 rings (SSSR count). The molecular weight excluding hydrogens is 334 g/mol. The van der Waals surface area contributed by atoms with Crippen LogP contribution in [0.2, 0.25) is 0 Å². The van der Waals surface area contributed by atoms with Gasteiger partial charge in [-0.15, -0.1) is 11.3 Å². The van der Waals surface area contributed by atoms with Crippen molar-refractivity contribution >= 4 is 43.1 Å². The zero-order chi connectivity index (χ0) is 16.4. The minimum atomic E-state index is -3.27. The predicted octanol–water partition coefficient (Wildman–Crippen LogP) is 2.74. The Morgan fingerprint density at radius 1 is 1.17 bits per heavy atom. The first-order valence-corrected chi connectivity index (χ1v) is 9.37. The first-order chi connectivity index (χ1) is 11.0. The molecule has 0 aliphatic carbocycles. The molecule has 0 spiro atoms. The topological polar surface area (TPSA) is 89.0 Å². The summed E-state index contributed by atoms with van der Waals surface area (Å²) in [6.07, 6.45) is 1.39. The van der Waals surface area contributed by atoms with E-state index in [-0.39, 0.29) is 16.6 Å². The molecule has 0 radical (unpaired) electrons. The van der Waals surface area contributed by atoms with Crippen LogP contribution in [0.5, 0.6) is 0 Å². The molecule has 3 aromatic rings. The quantitative estimate of drug-likeness (QED) is 0.784. The van der Waals surface area contributed by atoms with Crippen molar-refractivity contribution in [2.24, 2.45) is 0 Å². The molecule has 23 heavy (non-hydrogen) atoms. The zero-order valence-electron chi connectivity index (χ0n) is 12.2. The lowest BCUT2D eigenvalue weighted by Crippen LogP contribution is -2.13. The highest BCUT2D eigenvalue weighted by molar-refractivity contribution is 7.91. The summed E-state index contributed by atoms with van der Waals surface area (Å²) in [5.74, 6) is 0.110. The van der Waals surface area contributed by atoms with E-state index in [1.54, 1.807) is 6.92 Å². The van der Waals surface area contributed by atoms with E-state index in [1.165, 1.54) is 41.9 Å². The van der Waals surface area contributed by atoms with Gasteiger partial charge in [0.25, 0.3) is 5.91 Å². The second kappa shape index (κ2) is 6.05. The van der Waals surface area contributed by atoms with Gasteiger partial charge in [-0.3, -0.25) is 4.79 Å². The number of nitrogens with zero attached hydrogens (tertiary/aromatic N) is 2. The Bertz CT molecular complexity index is 963. The fourth-order valence-electron chi connectivity index (χ4n) is 2.05.